The topological polar surface area (TPSA) is 86.3 Å². The standard InChI is InChI=1S/C10H14N2O4/c1-14-7-3-8(15-2)5-9(4-7)16-6-10(11)12-13/h3-5,13H,6H2,1-2H3,(H2,11,12). The quantitative estimate of drug-likeness (QED) is 0.336. The Morgan fingerprint density at radius 3 is 2.12 bits per heavy atom. The van der Waals surface area contributed by atoms with Gasteiger partial charge in [0, 0.05) is 18.2 Å². The van der Waals surface area contributed by atoms with Crippen LogP contribution < -0.4 is 19.9 Å². The van der Waals surface area contributed by atoms with Gasteiger partial charge in [0.15, 0.2) is 5.84 Å². The number of hydrogen-bond acceptors (Lipinski definition) is 5. The van der Waals surface area contributed by atoms with Gasteiger partial charge in [-0.15, -0.1) is 0 Å². The van der Waals surface area contributed by atoms with Gasteiger partial charge in [-0.25, -0.2) is 0 Å². The fourth-order valence-corrected chi connectivity index (χ4v) is 1.05. The summed E-state index contributed by atoms with van der Waals surface area (Å²) in [6.07, 6.45) is 0. The zero-order valence-corrected chi connectivity index (χ0v) is 9.14. The van der Waals surface area contributed by atoms with Gasteiger partial charge in [-0.3, -0.25) is 0 Å². The van der Waals surface area contributed by atoms with E-state index in [1.165, 1.54) is 0 Å². The fourth-order valence-electron chi connectivity index (χ4n) is 1.05. The molecule has 1 aromatic rings. The van der Waals surface area contributed by atoms with Crippen molar-refractivity contribution in [1.29, 1.82) is 0 Å². The highest BCUT2D eigenvalue weighted by Crippen LogP contribution is 2.27. The predicted octanol–water partition coefficient (Wildman–Crippen LogP) is 0.829. The third-order valence-electron chi connectivity index (χ3n) is 1.84. The van der Waals surface area contributed by atoms with Crippen molar-refractivity contribution in [1.82, 2.24) is 0 Å². The largest absolute Gasteiger partial charge is 0.496 e. The third kappa shape index (κ3) is 3.23. The minimum absolute atomic E-state index is 0.00712. The van der Waals surface area contributed by atoms with E-state index in [1.54, 1.807) is 32.4 Å². The predicted molar refractivity (Wildman–Crippen MR) is 58.4 cm³/mol. The Kier molecular flexibility index (Phi) is 4.26. The van der Waals surface area contributed by atoms with Crippen molar-refractivity contribution in [3.63, 3.8) is 0 Å². The Balaban J connectivity index is 2.78. The zero-order chi connectivity index (χ0) is 12.0. The summed E-state index contributed by atoms with van der Waals surface area (Å²) in [4.78, 5) is 0. The van der Waals surface area contributed by atoms with Crippen LogP contribution >= 0.6 is 0 Å². The van der Waals surface area contributed by atoms with Crippen LogP contribution in [0.4, 0.5) is 0 Å². The van der Waals surface area contributed by atoms with Crippen LogP contribution in [0.2, 0.25) is 0 Å². The number of oxime groups is 1. The number of amidine groups is 1. The molecule has 0 spiro atoms. The third-order valence-corrected chi connectivity index (χ3v) is 1.84. The summed E-state index contributed by atoms with van der Waals surface area (Å²) in [5.74, 6) is 1.72. The van der Waals surface area contributed by atoms with Crippen LogP contribution in [0.3, 0.4) is 0 Å². The van der Waals surface area contributed by atoms with Crippen molar-refractivity contribution in [2.75, 3.05) is 20.8 Å². The maximum absolute atomic E-state index is 8.35. The Bertz CT molecular complexity index is 357. The van der Waals surface area contributed by atoms with Crippen LogP contribution in [0.15, 0.2) is 23.4 Å². The number of nitrogens with two attached hydrogens (primary N) is 1. The van der Waals surface area contributed by atoms with Crippen molar-refractivity contribution in [3.8, 4) is 17.2 Å². The molecule has 0 atom stereocenters. The van der Waals surface area contributed by atoms with Gasteiger partial charge >= 0.3 is 0 Å². The summed E-state index contributed by atoms with van der Waals surface area (Å²) < 4.78 is 15.4. The van der Waals surface area contributed by atoms with Crippen LogP contribution in [0.1, 0.15) is 0 Å². The lowest BCUT2D eigenvalue weighted by Crippen LogP contribution is -2.20. The highest BCUT2D eigenvalue weighted by Gasteiger charge is 2.03. The first kappa shape index (κ1) is 12.0. The molecule has 0 unspecified atom stereocenters. The van der Waals surface area contributed by atoms with E-state index in [4.69, 9.17) is 25.2 Å². The molecule has 1 aromatic carbocycles. The summed E-state index contributed by atoms with van der Waals surface area (Å²) in [6.45, 7) is -0.00712. The fraction of sp³-hybridized carbons (Fsp3) is 0.300. The molecular weight excluding hydrogens is 212 g/mol. The molecule has 0 amide bonds. The van der Waals surface area contributed by atoms with Gasteiger partial charge in [0.05, 0.1) is 14.2 Å². The number of hydrogen-bond donors (Lipinski definition) is 2. The van der Waals surface area contributed by atoms with E-state index in [0.717, 1.165) is 0 Å². The van der Waals surface area contributed by atoms with Crippen molar-refractivity contribution < 1.29 is 19.4 Å². The summed E-state index contributed by atoms with van der Waals surface area (Å²) in [6, 6.07) is 5.07. The lowest BCUT2D eigenvalue weighted by molar-refractivity contribution is 0.305. The van der Waals surface area contributed by atoms with E-state index in [1.807, 2.05) is 0 Å². The summed E-state index contributed by atoms with van der Waals surface area (Å²) in [5.41, 5.74) is 5.27. The molecule has 0 aliphatic heterocycles. The zero-order valence-electron chi connectivity index (χ0n) is 9.14. The molecule has 0 heterocycles. The van der Waals surface area contributed by atoms with Crippen LogP contribution in [-0.2, 0) is 0 Å². The van der Waals surface area contributed by atoms with E-state index in [9.17, 15) is 0 Å². The van der Waals surface area contributed by atoms with Crippen molar-refractivity contribution in [3.05, 3.63) is 18.2 Å². The molecule has 0 aliphatic rings. The summed E-state index contributed by atoms with van der Waals surface area (Å²) in [7, 11) is 3.09. The minimum atomic E-state index is -0.0122. The maximum Gasteiger partial charge on any atom is 0.177 e. The first-order valence-electron chi connectivity index (χ1n) is 4.52. The molecule has 16 heavy (non-hydrogen) atoms. The van der Waals surface area contributed by atoms with Gasteiger partial charge in [-0.2, -0.15) is 0 Å². The Hall–Kier alpha value is -2.11. The number of benzene rings is 1. The van der Waals surface area contributed by atoms with Gasteiger partial charge in [0.25, 0.3) is 0 Å². The first-order valence-corrected chi connectivity index (χ1v) is 4.52. The smallest absolute Gasteiger partial charge is 0.177 e. The van der Waals surface area contributed by atoms with E-state index in [0.29, 0.717) is 17.2 Å². The van der Waals surface area contributed by atoms with Crippen LogP contribution in [0.25, 0.3) is 0 Å². The van der Waals surface area contributed by atoms with E-state index in [2.05, 4.69) is 5.16 Å². The molecule has 3 N–H and O–H groups in total. The number of nitrogens with zero attached hydrogens (tertiary/aromatic N) is 1. The lowest BCUT2D eigenvalue weighted by atomic mass is 10.3. The molecule has 0 aromatic heterocycles. The van der Waals surface area contributed by atoms with E-state index < -0.39 is 0 Å². The minimum Gasteiger partial charge on any atom is -0.496 e. The highest BCUT2D eigenvalue weighted by molar-refractivity contribution is 5.81. The summed E-state index contributed by atoms with van der Waals surface area (Å²) >= 11 is 0. The SMILES string of the molecule is COc1cc(OC)cc(OC/C(N)=N\O)c1. The van der Waals surface area contributed by atoms with Crippen LogP contribution in [0, 0.1) is 0 Å². The lowest BCUT2D eigenvalue weighted by Gasteiger charge is -2.09. The first-order chi connectivity index (χ1) is 7.69. The highest BCUT2D eigenvalue weighted by atomic mass is 16.5. The normalized spacial score (nSPS) is 11.0. The molecule has 0 saturated carbocycles. The monoisotopic (exact) mass is 226 g/mol. The Labute approximate surface area is 93.2 Å². The second-order valence-electron chi connectivity index (χ2n) is 2.93. The van der Waals surface area contributed by atoms with Crippen LogP contribution in [0.5, 0.6) is 17.2 Å². The second-order valence-corrected chi connectivity index (χ2v) is 2.93. The molecule has 0 aliphatic carbocycles. The van der Waals surface area contributed by atoms with Crippen molar-refractivity contribution >= 4 is 5.84 Å². The number of methoxy groups -OCH3 is 2. The van der Waals surface area contributed by atoms with Crippen molar-refractivity contribution in [2.24, 2.45) is 10.9 Å². The molecule has 0 fully saturated rings. The average molecular weight is 226 g/mol. The average Bonchev–Trinajstić information content (AvgIpc) is 2.35. The van der Waals surface area contributed by atoms with Gasteiger partial charge in [0.1, 0.15) is 23.9 Å². The maximum atomic E-state index is 8.35. The Morgan fingerprint density at radius 2 is 1.69 bits per heavy atom. The molecule has 1 rings (SSSR count). The molecule has 88 valence electrons. The van der Waals surface area contributed by atoms with Gasteiger partial charge in [0.2, 0.25) is 0 Å². The molecular formula is C10H14N2O4. The Morgan fingerprint density at radius 1 is 1.19 bits per heavy atom. The molecule has 0 bridgehead atoms. The molecule has 0 radical (unpaired) electrons. The van der Waals surface area contributed by atoms with E-state index >= 15 is 0 Å². The molecule has 6 heteroatoms. The van der Waals surface area contributed by atoms with Gasteiger partial charge < -0.3 is 25.2 Å². The van der Waals surface area contributed by atoms with E-state index in [-0.39, 0.29) is 12.4 Å². The number of rotatable bonds is 5. The molecule has 0 saturated heterocycles. The number of ether oxygens (including phenoxy) is 3. The summed E-state index contributed by atoms with van der Waals surface area (Å²) in [5, 5.41) is 11.1. The second kappa shape index (κ2) is 5.69. The van der Waals surface area contributed by atoms with Gasteiger partial charge in [-0.1, -0.05) is 5.16 Å². The van der Waals surface area contributed by atoms with Crippen LogP contribution in [-0.4, -0.2) is 31.9 Å². The van der Waals surface area contributed by atoms with Crippen molar-refractivity contribution in [2.45, 2.75) is 0 Å². The molecule has 6 nitrogen and oxygen atoms in total. The van der Waals surface area contributed by atoms with Gasteiger partial charge in [-0.05, 0) is 0 Å².